The lowest BCUT2D eigenvalue weighted by atomic mass is 10.2. The molecule has 2 aliphatic rings. The Kier molecular flexibility index (Phi) is 2.97. The molecule has 1 aliphatic carbocycles. The number of hydrogen-bond acceptors (Lipinski definition) is 4. The smallest absolute Gasteiger partial charge is 0.225 e. The van der Waals surface area contributed by atoms with E-state index >= 15 is 0 Å². The van der Waals surface area contributed by atoms with E-state index in [0.717, 1.165) is 37.5 Å². The van der Waals surface area contributed by atoms with E-state index in [-0.39, 0.29) is 0 Å². The molecule has 1 aromatic heterocycles. The lowest BCUT2D eigenvalue weighted by Crippen LogP contribution is -2.22. The van der Waals surface area contributed by atoms with Gasteiger partial charge < -0.3 is 10.2 Å². The van der Waals surface area contributed by atoms with Crippen LogP contribution in [0.15, 0.2) is 12.4 Å². The van der Waals surface area contributed by atoms with Crippen molar-refractivity contribution >= 4 is 5.95 Å². The first-order valence-electron chi connectivity index (χ1n) is 6.60. The highest BCUT2D eigenvalue weighted by atomic mass is 15.3. The molecule has 1 saturated carbocycles. The summed E-state index contributed by atoms with van der Waals surface area (Å²) >= 11 is 0. The standard InChI is InChI=1S/C13H20N4/c1-10-4-5-17(9-10)13-15-7-11(8-16-13)6-14-12-2-3-12/h7-8,10,12,14H,2-6,9H2,1H3. The first-order chi connectivity index (χ1) is 8.31. The minimum atomic E-state index is 0.745. The average molecular weight is 232 g/mol. The van der Waals surface area contributed by atoms with E-state index < -0.39 is 0 Å². The van der Waals surface area contributed by atoms with Crippen molar-refractivity contribution in [2.24, 2.45) is 5.92 Å². The van der Waals surface area contributed by atoms with Gasteiger partial charge in [-0.25, -0.2) is 9.97 Å². The van der Waals surface area contributed by atoms with Crippen molar-refractivity contribution in [1.29, 1.82) is 0 Å². The van der Waals surface area contributed by atoms with Gasteiger partial charge in [-0.1, -0.05) is 6.92 Å². The second kappa shape index (κ2) is 4.61. The third kappa shape index (κ3) is 2.75. The Balaban J connectivity index is 1.58. The predicted molar refractivity (Wildman–Crippen MR) is 67.9 cm³/mol. The highest BCUT2D eigenvalue weighted by Gasteiger charge is 2.21. The summed E-state index contributed by atoms with van der Waals surface area (Å²) in [5.74, 6) is 1.67. The monoisotopic (exact) mass is 232 g/mol. The van der Waals surface area contributed by atoms with E-state index in [0.29, 0.717) is 0 Å². The van der Waals surface area contributed by atoms with E-state index in [2.05, 4.69) is 27.1 Å². The van der Waals surface area contributed by atoms with Gasteiger partial charge in [0.1, 0.15) is 0 Å². The Morgan fingerprint density at radius 3 is 2.65 bits per heavy atom. The quantitative estimate of drug-likeness (QED) is 0.855. The molecular weight excluding hydrogens is 212 g/mol. The minimum absolute atomic E-state index is 0.745. The van der Waals surface area contributed by atoms with Crippen LogP contribution in [0.25, 0.3) is 0 Å². The lowest BCUT2D eigenvalue weighted by molar-refractivity contribution is 0.657. The molecule has 0 amide bonds. The molecule has 17 heavy (non-hydrogen) atoms. The number of nitrogens with zero attached hydrogens (tertiary/aromatic N) is 3. The average Bonchev–Trinajstić information content (AvgIpc) is 3.09. The molecule has 1 N–H and O–H groups in total. The van der Waals surface area contributed by atoms with Crippen LogP contribution < -0.4 is 10.2 Å². The molecular formula is C13H20N4. The summed E-state index contributed by atoms with van der Waals surface area (Å²) in [4.78, 5) is 11.2. The van der Waals surface area contributed by atoms with Crippen LogP contribution in [0.5, 0.6) is 0 Å². The Hall–Kier alpha value is -1.16. The molecule has 1 atom stereocenters. The third-order valence-electron chi connectivity index (χ3n) is 3.57. The maximum absolute atomic E-state index is 4.47. The fourth-order valence-corrected chi connectivity index (χ4v) is 2.27. The van der Waals surface area contributed by atoms with E-state index in [1.807, 2.05) is 12.4 Å². The van der Waals surface area contributed by atoms with Crippen molar-refractivity contribution in [2.75, 3.05) is 18.0 Å². The number of hydrogen-bond donors (Lipinski definition) is 1. The Morgan fingerprint density at radius 2 is 2.06 bits per heavy atom. The second-order valence-corrected chi connectivity index (χ2v) is 5.39. The minimum Gasteiger partial charge on any atom is -0.341 e. The molecule has 1 saturated heterocycles. The van der Waals surface area contributed by atoms with E-state index in [4.69, 9.17) is 0 Å². The molecule has 0 aromatic carbocycles. The number of aromatic nitrogens is 2. The van der Waals surface area contributed by atoms with Crippen molar-refractivity contribution in [3.63, 3.8) is 0 Å². The molecule has 92 valence electrons. The van der Waals surface area contributed by atoms with Gasteiger partial charge in [-0.2, -0.15) is 0 Å². The predicted octanol–water partition coefficient (Wildman–Crippen LogP) is 1.57. The number of nitrogens with one attached hydrogen (secondary N) is 1. The van der Waals surface area contributed by atoms with Gasteiger partial charge in [0.2, 0.25) is 5.95 Å². The molecule has 0 spiro atoms. The maximum atomic E-state index is 4.47. The van der Waals surface area contributed by atoms with Crippen molar-refractivity contribution in [3.8, 4) is 0 Å². The summed E-state index contributed by atoms with van der Waals surface area (Å²) in [6.45, 7) is 5.38. The fourth-order valence-electron chi connectivity index (χ4n) is 2.27. The zero-order chi connectivity index (χ0) is 11.7. The molecule has 0 radical (unpaired) electrons. The zero-order valence-corrected chi connectivity index (χ0v) is 10.4. The summed E-state index contributed by atoms with van der Waals surface area (Å²) in [5.41, 5.74) is 1.19. The van der Waals surface area contributed by atoms with Crippen LogP contribution in [0, 0.1) is 5.92 Å². The molecule has 4 nitrogen and oxygen atoms in total. The molecule has 0 bridgehead atoms. The van der Waals surface area contributed by atoms with Crippen molar-refractivity contribution in [1.82, 2.24) is 15.3 Å². The largest absolute Gasteiger partial charge is 0.341 e. The summed E-state index contributed by atoms with van der Waals surface area (Å²) in [6.07, 6.45) is 7.82. The summed E-state index contributed by atoms with van der Waals surface area (Å²) in [5, 5.41) is 3.48. The fraction of sp³-hybridized carbons (Fsp3) is 0.692. The summed E-state index contributed by atoms with van der Waals surface area (Å²) < 4.78 is 0. The Morgan fingerprint density at radius 1 is 1.29 bits per heavy atom. The van der Waals surface area contributed by atoms with Gasteiger partial charge >= 0.3 is 0 Å². The first-order valence-corrected chi connectivity index (χ1v) is 6.60. The second-order valence-electron chi connectivity index (χ2n) is 5.39. The maximum Gasteiger partial charge on any atom is 0.225 e. The van der Waals surface area contributed by atoms with Crippen LogP contribution in [0.3, 0.4) is 0 Å². The van der Waals surface area contributed by atoms with E-state index in [9.17, 15) is 0 Å². The van der Waals surface area contributed by atoms with Crippen molar-refractivity contribution in [2.45, 2.75) is 38.8 Å². The molecule has 1 unspecified atom stereocenters. The molecule has 1 aromatic rings. The molecule has 2 heterocycles. The van der Waals surface area contributed by atoms with E-state index in [1.54, 1.807) is 0 Å². The topological polar surface area (TPSA) is 41.1 Å². The van der Waals surface area contributed by atoms with Gasteiger partial charge in [0, 0.05) is 43.6 Å². The Bertz CT molecular complexity index is 372. The Labute approximate surface area is 102 Å². The van der Waals surface area contributed by atoms with Crippen molar-refractivity contribution < 1.29 is 0 Å². The first kappa shape index (κ1) is 11.0. The van der Waals surface area contributed by atoms with Gasteiger partial charge in [-0.05, 0) is 25.2 Å². The zero-order valence-electron chi connectivity index (χ0n) is 10.4. The van der Waals surface area contributed by atoms with Crippen LogP contribution in [-0.2, 0) is 6.54 Å². The van der Waals surface area contributed by atoms with Crippen LogP contribution in [0.2, 0.25) is 0 Å². The third-order valence-corrected chi connectivity index (χ3v) is 3.57. The van der Waals surface area contributed by atoms with E-state index in [1.165, 1.54) is 24.8 Å². The molecule has 3 rings (SSSR count). The SMILES string of the molecule is CC1CCN(c2ncc(CNC3CC3)cn2)C1. The molecule has 4 heteroatoms. The molecule has 2 fully saturated rings. The normalized spacial score (nSPS) is 24.3. The highest BCUT2D eigenvalue weighted by molar-refractivity contribution is 5.31. The molecule has 1 aliphatic heterocycles. The van der Waals surface area contributed by atoms with Crippen LogP contribution in [0.4, 0.5) is 5.95 Å². The number of anilines is 1. The van der Waals surface area contributed by atoms with Gasteiger partial charge in [0.15, 0.2) is 0 Å². The summed E-state index contributed by atoms with van der Waals surface area (Å²) in [7, 11) is 0. The van der Waals surface area contributed by atoms with Crippen LogP contribution in [0.1, 0.15) is 31.7 Å². The number of rotatable bonds is 4. The highest BCUT2D eigenvalue weighted by Crippen LogP contribution is 2.21. The van der Waals surface area contributed by atoms with Gasteiger partial charge in [-0.3, -0.25) is 0 Å². The van der Waals surface area contributed by atoms with Crippen LogP contribution in [-0.4, -0.2) is 29.1 Å². The van der Waals surface area contributed by atoms with Gasteiger partial charge in [0.25, 0.3) is 0 Å². The lowest BCUT2D eigenvalue weighted by Gasteiger charge is -2.15. The van der Waals surface area contributed by atoms with Gasteiger partial charge in [0.05, 0.1) is 0 Å². The van der Waals surface area contributed by atoms with Gasteiger partial charge in [-0.15, -0.1) is 0 Å². The summed E-state index contributed by atoms with van der Waals surface area (Å²) in [6, 6.07) is 0.745. The van der Waals surface area contributed by atoms with Crippen molar-refractivity contribution in [3.05, 3.63) is 18.0 Å². The van der Waals surface area contributed by atoms with Crippen LogP contribution >= 0.6 is 0 Å².